The minimum absolute atomic E-state index is 0.0658. The molecular formula is C24H17BrN2O6. The molecule has 2 atom stereocenters. The SMILES string of the molecule is CN1C[C@H](C(=O)c2ccc(Br)cc2)[C@@H](c2ccc([N+](=O)[O-])o2)C12C(=O)c1ccccc1C2=O. The molecule has 2 aromatic carbocycles. The van der Waals surface area contributed by atoms with Crippen LogP contribution in [0.2, 0.25) is 0 Å². The Balaban J connectivity index is 1.70. The molecule has 1 spiro atoms. The Hall–Kier alpha value is -3.43. The number of carbonyl (C=O) groups excluding carboxylic acids is 3. The van der Waals surface area contributed by atoms with Crippen molar-refractivity contribution in [3.05, 3.63) is 97.7 Å². The lowest BCUT2D eigenvalue weighted by atomic mass is 9.73. The highest BCUT2D eigenvalue weighted by Gasteiger charge is 2.68. The summed E-state index contributed by atoms with van der Waals surface area (Å²) in [6, 6.07) is 15.9. The molecule has 0 saturated carbocycles. The quantitative estimate of drug-likeness (QED) is 0.223. The summed E-state index contributed by atoms with van der Waals surface area (Å²) in [5, 5.41) is 11.3. The molecule has 1 saturated heterocycles. The first kappa shape index (κ1) is 21.4. The minimum atomic E-state index is -1.72. The van der Waals surface area contributed by atoms with Gasteiger partial charge in [0.15, 0.2) is 22.9 Å². The molecule has 9 heteroatoms. The second kappa shape index (κ2) is 7.57. The first-order chi connectivity index (χ1) is 15.8. The smallest absolute Gasteiger partial charge is 0.405 e. The zero-order valence-electron chi connectivity index (χ0n) is 17.4. The van der Waals surface area contributed by atoms with E-state index in [1.54, 1.807) is 60.5 Å². The largest absolute Gasteiger partial charge is 0.433 e. The van der Waals surface area contributed by atoms with E-state index in [0.29, 0.717) is 5.56 Å². The summed E-state index contributed by atoms with van der Waals surface area (Å²) in [5.41, 5.74) is -0.755. The fraction of sp³-hybridized carbons (Fsp3) is 0.208. The van der Waals surface area contributed by atoms with Crippen LogP contribution in [0, 0.1) is 16.0 Å². The molecule has 0 radical (unpaired) electrons. The number of halogens is 1. The summed E-state index contributed by atoms with van der Waals surface area (Å²) >= 11 is 3.35. The zero-order valence-corrected chi connectivity index (χ0v) is 18.9. The van der Waals surface area contributed by atoms with Crippen molar-refractivity contribution in [2.24, 2.45) is 5.92 Å². The second-order valence-corrected chi connectivity index (χ2v) is 9.15. The molecule has 1 aromatic heterocycles. The number of benzene rings is 2. The number of nitrogens with zero attached hydrogens (tertiary/aromatic N) is 2. The molecule has 166 valence electrons. The molecule has 2 aliphatic rings. The number of likely N-dealkylation sites (N-methyl/N-ethyl adjacent to an activating group) is 1. The predicted octanol–water partition coefficient (Wildman–Crippen LogP) is 4.30. The standard InChI is InChI=1S/C24H17BrN2O6/c1-26-12-17(21(28)13-6-8-14(25)9-7-13)20(18-10-11-19(33-18)27(31)32)24(26)22(29)15-4-2-3-5-16(15)23(24)30/h2-11,17,20H,12H2,1H3/t17-,20-/m0/s1. The average Bonchev–Trinajstić information content (AvgIpc) is 3.46. The number of furan rings is 1. The van der Waals surface area contributed by atoms with E-state index in [9.17, 15) is 24.5 Å². The third-order valence-electron chi connectivity index (χ3n) is 6.60. The van der Waals surface area contributed by atoms with Crippen LogP contribution in [0.25, 0.3) is 0 Å². The van der Waals surface area contributed by atoms with Gasteiger partial charge in [0.2, 0.25) is 0 Å². The molecule has 8 nitrogen and oxygen atoms in total. The van der Waals surface area contributed by atoms with E-state index in [-0.39, 0.29) is 29.2 Å². The van der Waals surface area contributed by atoms with Crippen LogP contribution in [-0.2, 0) is 0 Å². The van der Waals surface area contributed by atoms with Crippen LogP contribution in [0.3, 0.4) is 0 Å². The second-order valence-electron chi connectivity index (χ2n) is 8.24. The van der Waals surface area contributed by atoms with Gasteiger partial charge >= 0.3 is 5.88 Å². The third-order valence-corrected chi connectivity index (χ3v) is 7.13. The van der Waals surface area contributed by atoms with Crippen LogP contribution in [0.15, 0.2) is 69.6 Å². The van der Waals surface area contributed by atoms with Crippen molar-refractivity contribution >= 4 is 39.2 Å². The van der Waals surface area contributed by atoms with E-state index in [1.807, 2.05) is 0 Å². The van der Waals surface area contributed by atoms with Crippen molar-refractivity contribution in [3.8, 4) is 0 Å². The number of rotatable bonds is 4. The fourth-order valence-electron chi connectivity index (χ4n) is 5.17. The van der Waals surface area contributed by atoms with Gasteiger partial charge in [0.25, 0.3) is 0 Å². The molecule has 33 heavy (non-hydrogen) atoms. The van der Waals surface area contributed by atoms with Crippen LogP contribution in [0.5, 0.6) is 0 Å². The van der Waals surface area contributed by atoms with Crippen LogP contribution < -0.4 is 0 Å². The average molecular weight is 509 g/mol. The van der Waals surface area contributed by atoms with Gasteiger partial charge in [-0.2, -0.15) is 0 Å². The lowest BCUT2D eigenvalue weighted by Gasteiger charge is -2.33. The number of hydrogen-bond acceptors (Lipinski definition) is 7. The van der Waals surface area contributed by atoms with Gasteiger partial charge in [-0.3, -0.25) is 29.4 Å². The molecule has 1 fully saturated rings. The van der Waals surface area contributed by atoms with E-state index in [4.69, 9.17) is 4.42 Å². The van der Waals surface area contributed by atoms with E-state index < -0.39 is 39.7 Å². The Morgan fingerprint density at radius 3 is 2.21 bits per heavy atom. The molecule has 0 N–H and O–H groups in total. The van der Waals surface area contributed by atoms with Crippen LogP contribution in [0.4, 0.5) is 5.88 Å². The summed E-state index contributed by atoms with van der Waals surface area (Å²) in [7, 11) is 1.63. The maximum Gasteiger partial charge on any atom is 0.433 e. The van der Waals surface area contributed by atoms with Crippen LogP contribution in [-0.4, -0.2) is 46.3 Å². The Morgan fingerprint density at radius 1 is 1.06 bits per heavy atom. The summed E-state index contributed by atoms with van der Waals surface area (Å²) in [6.45, 7) is 0.111. The molecule has 1 aliphatic carbocycles. The molecule has 0 amide bonds. The number of carbonyl (C=O) groups is 3. The number of ketones is 3. The molecule has 2 heterocycles. The highest BCUT2D eigenvalue weighted by atomic mass is 79.9. The highest BCUT2D eigenvalue weighted by Crippen LogP contribution is 2.53. The van der Waals surface area contributed by atoms with Crippen molar-refractivity contribution in [1.29, 1.82) is 0 Å². The summed E-state index contributed by atoms with van der Waals surface area (Å²) in [6.07, 6.45) is 0. The van der Waals surface area contributed by atoms with Gasteiger partial charge in [-0.15, -0.1) is 0 Å². The first-order valence-corrected chi connectivity index (χ1v) is 11.0. The Kier molecular flexibility index (Phi) is 4.91. The van der Waals surface area contributed by atoms with Crippen molar-refractivity contribution in [2.75, 3.05) is 13.6 Å². The predicted molar refractivity (Wildman–Crippen MR) is 121 cm³/mol. The molecule has 0 bridgehead atoms. The molecular weight excluding hydrogens is 492 g/mol. The van der Waals surface area contributed by atoms with E-state index >= 15 is 0 Å². The normalized spacial score (nSPS) is 21.5. The number of hydrogen-bond donors (Lipinski definition) is 0. The first-order valence-electron chi connectivity index (χ1n) is 10.2. The monoisotopic (exact) mass is 508 g/mol. The van der Waals surface area contributed by atoms with Crippen molar-refractivity contribution in [1.82, 2.24) is 4.90 Å². The Bertz CT molecular complexity index is 1290. The maximum atomic E-state index is 13.8. The maximum absolute atomic E-state index is 13.8. The van der Waals surface area contributed by atoms with Gasteiger partial charge in [0.1, 0.15) is 10.7 Å². The fourth-order valence-corrected chi connectivity index (χ4v) is 5.43. The van der Waals surface area contributed by atoms with Gasteiger partial charge in [0.05, 0.1) is 12.0 Å². The zero-order chi connectivity index (χ0) is 23.5. The van der Waals surface area contributed by atoms with Gasteiger partial charge in [0, 0.05) is 33.6 Å². The van der Waals surface area contributed by atoms with Crippen molar-refractivity contribution in [2.45, 2.75) is 11.5 Å². The molecule has 1 aliphatic heterocycles. The lowest BCUT2D eigenvalue weighted by molar-refractivity contribution is -0.402. The third kappa shape index (κ3) is 2.96. The highest BCUT2D eigenvalue weighted by molar-refractivity contribution is 9.10. The number of likely N-dealkylation sites (tertiary alicyclic amines) is 1. The van der Waals surface area contributed by atoms with Crippen LogP contribution in [0.1, 0.15) is 42.8 Å². The molecule has 0 unspecified atom stereocenters. The van der Waals surface area contributed by atoms with Crippen molar-refractivity contribution in [3.63, 3.8) is 0 Å². The summed E-state index contributed by atoms with van der Waals surface area (Å²) in [4.78, 5) is 53.3. The lowest BCUT2D eigenvalue weighted by Crippen LogP contribution is -2.54. The van der Waals surface area contributed by atoms with Crippen molar-refractivity contribution < 1.29 is 23.7 Å². The van der Waals surface area contributed by atoms with E-state index in [0.717, 1.165) is 4.47 Å². The summed E-state index contributed by atoms with van der Waals surface area (Å²) < 4.78 is 6.30. The topological polar surface area (TPSA) is 111 Å². The van der Waals surface area contributed by atoms with Gasteiger partial charge in [-0.1, -0.05) is 52.3 Å². The summed E-state index contributed by atoms with van der Waals surface area (Å²) in [5.74, 6) is -3.44. The molecule has 3 aromatic rings. The number of fused-ring (bicyclic) bond motifs is 1. The van der Waals surface area contributed by atoms with Crippen LogP contribution >= 0.6 is 15.9 Å². The van der Waals surface area contributed by atoms with Gasteiger partial charge in [-0.25, -0.2) is 0 Å². The minimum Gasteiger partial charge on any atom is -0.405 e. The van der Waals surface area contributed by atoms with Gasteiger partial charge < -0.3 is 4.42 Å². The number of nitro groups is 1. The van der Waals surface area contributed by atoms with E-state index in [1.165, 1.54) is 12.1 Å². The molecule has 5 rings (SSSR count). The Labute approximate surface area is 196 Å². The van der Waals surface area contributed by atoms with E-state index in [2.05, 4.69) is 15.9 Å². The van der Waals surface area contributed by atoms with Gasteiger partial charge in [-0.05, 0) is 25.2 Å². The Morgan fingerprint density at radius 2 is 1.67 bits per heavy atom. The number of Topliss-reactive ketones (excluding diaryl/α,β-unsaturated/α-hetero) is 3.